The summed E-state index contributed by atoms with van der Waals surface area (Å²) in [7, 11) is -3.61. The summed E-state index contributed by atoms with van der Waals surface area (Å²) in [6.07, 6.45) is 5.62. The number of pyridine rings is 1. The van der Waals surface area contributed by atoms with Gasteiger partial charge in [0.2, 0.25) is 15.0 Å². The highest BCUT2D eigenvalue weighted by molar-refractivity contribution is 7.90. The molecule has 0 saturated heterocycles. The Kier molecular flexibility index (Phi) is 4.85. The van der Waals surface area contributed by atoms with Crippen molar-refractivity contribution in [2.75, 3.05) is 6.26 Å². The lowest BCUT2D eigenvalue weighted by atomic mass is 10.1. The predicted molar refractivity (Wildman–Crippen MR) is 105 cm³/mol. The summed E-state index contributed by atoms with van der Waals surface area (Å²) in [5, 5.41) is 6.87. The van der Waals surface area contributed by atoms with Crippen molar-refractivity contribution in [2.45, 2.75) is 17.7 Å². The number of hydrogen-bond donors (Lipinski definition) is 1. The number of sulfone groups is 1. The highest BCUT2D eigenvalue weighted by Gasteiger charge is 2.25. The first-order chi connectivity index (χ1) is 13.9. The number of hydrogen-bond acceptors (Lipinski definition) is 6. The number of carbonyl (C=O) groups excluding carboxylic acids is 1. The molecular formula is C19H18N6O3S. The molecule has 1 amide bonds. The smallest absolute Gasteiger partial charge is 0.272 e. The molecule has 4 aromatic rings. The number of benzene rings is 1. The van der Waals surface area contributed by atoms with Crippen LogP contribution in [0.3, 0.4) is 0 Å². The molecule has 0 spiro atoms. The van der Waals surface area contributed by atoms with Gasteiger partial charge >= 0.3 is 0 Å². The summed E-state index contributed by atoms with van der Waals surface area (Å²) in [5.74, 6) is -0.474. The van der Waals surface area contributed by atoms with Gasteiger partial charge in [0.15, 0.2) is 5.69 Å². The summed E-state index contributed by atoms with van der Waals surface area (Å²) in [6, 6.07) is 14.1. The number of carbonyl (C=O) groups is 1. The molecule has 0 radical (unpaired) electrons. The lowest BCUT2D eigenvalue weighted by Gasteiger charge is -2.18. The minimum absolute atomic E-state index is 0.0468. The Hall–Kier alpha value is -3.53. The van der Waals surface area contributed by atoms with E-state index in [2.05, 4.69) is 20.4 Å². The molecule has 1 aromatic carbocycles. The molecule has 9 nitrogen and oxygen atoms in total. The van der Waals surface area contributed by atoms with Crippen molar-refractivity contribution >= 4 is 21.3 Å². The second-order valence-corrected chi connectivity index (χ2v) is 8.43. The van der Waals surface area contributed by atoms with Crippen LogP contribution in [0.5, 0.6) is 0 Å². The fourth-order valence-electron chi connectivity index (χ4n) is 3.10. The number of nitrogens with one attached hydrogen (secondary N) is 1. The van der Waals surface area contributed by atoms with Crippen LogP contribution in [0.4, 0.5) is 0 Å². The average Bonchev–Trinajstić information content (AvgIpc) is 3.35. The highest BCUT2D eigenvalue weighted by Crippen LogP contribution is 2.20. The largest absolute Gasteiger partial charge is 0.342 e. The topological polar surface area (TPSA) is 111 Å². The van der Waals surface area contributed by atoms with Crippen LogP contribution in [-0.2, 0) is 16.4 Å². The molecule has 4 rings (SSSR count). The number of fused-ring (bicyclic) bond motifs is 1. The van der Waals surface area contributed by atoms with Gasteiger partial charge in [-0.2, -0.15) is 5.10 Å². The summed E-state index contributed by atoms with van der Waals surface area (Å²) >= 11 is 0. The molecule has 3 aromatic heterocycles. The second kappa shape index (κ2) is 7.47. The lowest BCUT2D eigenvalue weighted by molar-refractivity contribution is 0.0928. The predicted octanol–water partition coefficient (Wildman–Crippen LogP) is 1.50. The van der Waals surface area contributed by atoms with Gasteiger partial charge in [-0.15, -0.1) is 0 Å². The number of nitrogens with zero attached hydrogens (tertiary/aromatic N) is 5. The SMILES string of the molecule is CS(=O)(=O)c1nc(C(=O)NC(Cn2cncn2)c2ccccc2)c2ccccn12. The second-order valence-electron chi connectivity index (χ2n) is 6.53. The van der Waals surface area contributed by atoms with E-state index in [1.165, 1.54) is 10.7 Å². The monoisotopic (exact) mass is 410 g/mol. The Morgan fingerprint density at radius 1 is 1.14 bits per heavy atom. The molecule has 0 aliphatic rings. The van der Waals surface area contributed by atoms with E-state index >= 15 is 0 Å². The van der Waals surface area contributed by atoms with Crippen LogP contribution in [0, 0.1) is 0 Å². The summed E-state index contributed by atoms with van der Waals surface area (Å²) in [5.41, 5.74) is 1.34. The molecule has 0 aliphatic heterocycles. The van der Waals surface area contributed by atoms with Crippen LogP contribution in [-0.4, -0.2) is 44.7 Å². The van der Waals surface area contributed by atoms with Crippen molar-refractivity contribution in [2.24, 2.45) is 0 Å². The van der Waals surface area contributed by atoms with Crippen LogP contribution in [0.2, 0.25) is 0 Å². The molecule has 0 bridgehead atoms. The van der Waals surface area contributed by atoms with Crippen LogP contribution in [0.25, 0.3) is 5.52 Å². The summed E-state index contributed by atoms with van der Waals surface area (Å²) in [6.45, 7) is 0.362. The van der Waals surface area contributed by atoms with Crippen molar-refractivity contribution < 1.29 is 13.2 Å². The quantitative estimate of drug-likeness (QED) is 0.516. The normalized spacial score (nSPS) is 12.7. The molecule has 10 heteroatoms. The van der Waals surface area contributed by atoms with Crippen molar-refractivity contribution in [3.8, 4) is 0 Å². The van der Waals surface area contributed by atoms with E-state index in [4.69, 9.17) is 0 Å². The van der Waals surface area contributed by atoms with E-state index in [9.17, 15) is 13.2 Å². The molecule has 148 valence electrons. The van der Waals surface area contributed by atoms with Gasteiger partial charge in [-0.05, 0) is 17.7 Å². The van der Waals surface area contributed by atoms with E-state index in [0.29, 0.717) is 12.1 Å². The maximum Gasteiger partial charge on any atom is 0.272 e. The summed E-state index contributed by atoms with van der Waals surface area (Å²) in [4.78, 5) is 21.2. The molecule has 29 heavy (non-hydrogen) atoms. The third-order valence-corrected chi connectivity index (χ3v) is 5.36. The molecule has 0 aliphatic carbocycles. The van der Waals surface area contributed by atoms with Crippen LogP contribution in [0.15, 0.2) is 72.5 Å². The van der Waals surface area contributed by atoms with Crippen LogP contribution in [0.1, 0.15) is 22.1 Å². The number of imidazole rings is 1. The number of rotatable bonds is 6. The van der Waals surface area contributed by atoms with Gasteiger partial charge in [-0.3, -0.25) is 13.9 Å². The minimum Gasteiger partial charge on any atom is -0.342 e. The fourth-order valence-corrected chi connectivity index (χ4v) is 3.87. The summed E-state index contributed by atoms with van der Waals surface area (Å²) < 4.78 is 27.2. The van der Waals surface area contributed by atoms with Crippen LogP contribution >= 0.6 is 0 Å². The Balaban J connectivity index is 1.71. The standard InChI is InChI=1S/C19H18N6O3S/c1-29(27,28)19-23-17(16-9-5-6-10-25(16)19)18(26)22-15(11-24-13-20-12-21-24)14-7-3-2-4-8-14/h2-10,12-13,15H,11H2,1H3,(H,22,26). The van der Waals surface area contributed by atoms with Crippen molar-refractivity contribution in [1.82, 2.24) is 29.5 Å². The maximum atomic E-state index is 13.1. The first-order valence-electron chi connectivity index (χ1n) is 8.79. The van der Waals surface area contributed by atoms with Gasteiger partial charge < -0.3 is 5.32 Å². The zero-order valence-electron chi connectivity index (χ0n) is 15.5. The van der Waals surface area contributed by atoms with Crippen molar-refractivity contribution in [3.63, 3.8) is 0 Å². The van der Waals surface area contributed by atoms with Crippen LogP contribution < -0.4 is 5.32 Å². The Labute approximate surface area is 167 Å². The highest BCUT2D eigenvalue weighted by atomic mass is 32.2. The Morgan fingerprint density at radius 2 is 1.90 bits per heavy atom. The first-order valence-corrected chi connectivity index (χ1v) is 10.7. The zero-order chi connectivity index (χ0) is 20.4. The van der Waals surface area contributed by atoms with Gasteiger partial charge in [0.1, 0.15) is 12.7 Å². The van der Waals surface area contributed by atoms with Gasteiger partial charge in [0.25, 0.3) is 5.91 Å². The minimum atomic E-state index is -3.61. The molecular weight excluding hydrogens is 392 g/mol. The van der Waals surface area contributed by atoms with E-state index in [-0.39, 0.29) is 10.9 Å². The van der Waals surface area contributed by atoms with Gasteiger partial charge in [0, 0.05) is 12.5 Å². The molecule has 1 N–H and O–H groups in total. The number of aromatic nitrogens is 5. The van der Waals surface area contributed by atoms with E-state index in [0.717, 1.165) is 11.8 Å². The van der Waals surface area contributed by atoms with Crippen molar-refractivity contribution in [3.05, 3.63) is 78.6 Å². The van der Waals surface area contributed by atoms with E-state index < -0.39 is 21.8 Å². The van der Waals surface area contributed by atoms with Gasteiger partial charge in [-0.25, -0.2) is 18.4 Å². The third kappa shape index (κ3) is 3.87. The van der Waals surface area contributed by atoms with Gasteiger partial charge in [-0.1, -0.05) is 36.4 Å². The molecule has 1 atom stereocenters. The fraction of sp³-hybridized carbons (Fsp3) is 0.158. The maximum absolute atomic E-state index is 13.1. The average molecular weight is 410 g/mol. The Bertz CT molecular complexity index is 1250. The molecule has 0 saturated carbocycles. The van der Waals surface area contributed by atoms with Crippen molar-refractivity contribution in [1.29, 1.82) is 0 Å². The molecule has 0 fully saturated rings. The van der Waals surface area contributed by atoms with E-state index in [1.54, 1.807) is 35.4 Å². The third-order valence-electron chi connectivity index (χ3n) is 4.41. The zero-order valence-corrected chi connectivity index (χ0v) is 16.3. The number of amides is 1. The lowest BCUT2D eigenvalue weighted by Crippen LogP contribution is -2.32. The molecule has 3 heterocycles. The molecule has 1 unspecified atom stereocenters. The Morgan fingerprint density at radius 3 is 2.59 bits per heavy atom. The first kappa shape index (κ1) is 18.8. The van der Waals surface area contributed by atoms with E-state index in [1.807, 2.05) is 30.3 Å². The van der Waals surface area contributed by atoms with Gasteiger partial charge in [0.05, 0.1) is 18.1 Å².